The van der Waals surface area contributed by atoms with Gasteiger partial charge in [0.05, 0.1) is 0 Å². The number of hydrogen-bond donors (Lipinski definition) is 1. The summed E-state index contributed by atoms with van der Waals surface area (Å²) in [6.45, 7) is 0.714. The number of benzene rings is 1. The van der Waals surface area contributed by atoms with Gasteiger partial charge in [0.2, 0.25) is 0 Å². The van der Waals surface area contributed by atoms with Crippen molar-refractivity contribution in [2.75, 3.05) is 5.73 Å². The molecule has 1 saturated carbocycles. The minimum absolute atomic E-state index is 0.175. The summed E-state index contributed by atoms with van der Waals surface area (Å²) in [5, 5.41) is 0. The van der Waals surface area contributed by atoms with Gasteiger partial charge in [-0.15, -0.1) is 0 Å². The number of carbonyl (C=O) groups is 1. The van der Waals surface area contributed by atoms with Gasteiger partial charge in [-0.3, -0.25) is 4.79 Å². The SMILES string of the molecule is Nc1cccc2c1CN(C1CCCC1)C2=O. The van der Waals surface area contributed by atoms with Crippen LogP contribution in [-0.4, -0.2) is 16.8 Å². The van der Waals surface area contributed by atoms with Crippen LogP contribution in [0.15, 0.2) is 18.2 Å². The molecule has 0 atom stereocenters. The van der Waals surface area contributed by atoms with Crippen LogP contribution < -0.4 is 5.73 Å². The quantitative estimate of drug-likeness (QED) is 0.731. The monoisotopic (exact) mass is 216 g/mol. The molecule has 1 aromatic rings. The second-order valence-corrected chi connectivity index (χ2v) is 4.74. The number of nitrogens with zero attached hydrogens (tertiary/aromatic N) is 1. The lowest BCUT2D eigenvalue weighted by molar-refractivity contribution is 0.0707. The third-order valence-electron chi connectivity index (χ3n) is 3.80. The van der Waals surface area contributed by atoms with Crippen LogP contribution in [-0.2, 0) is 6.54 Å². The fourth-order valence-corrected chi connectivity index (χ4v) is 2.89. The topological polar surface area (TPSA) is 46.3 Å². The Labute approximate surface area is 95.2 Å². The van der Waals surface area contributed by atoms with Crippen LogP contribution in [0, 0.1) is 0 Å². The standard InChI is InChI=1S/C13H16N2O/c14-12-7-3-6-10-11(12)8-15(13(10)16)9-4-1-2-5-9/h3,6-7,9H,1-2,4-5,8,14H2. The van der Waals surface area contributed by atoms with Gasteiger partial charge in [-0.05, 0) is 25.0 Å². The van der Waals surface area contributed by atoms with Crippen molar-refractivity contribution in [2.24, 2.45) is 0 Å². The average molecular weight is 216 g/mol. The lowest BCUT2D eigenvalue weighted by atomic mass is 10.1. The molecule has 1 amide bonds. The molecule has 0 unspecified atom stereocenters. The van der Waals surface area contributed by atoms with Crippen molar-refractivity contribution in [3.05, 3.63) is 29.3 Å². The molecule has 3 heteroatoms. The maximum Gasteiger partial charge on any atom is 0.254 e. The van der Waals surface area contributed by atoms with Crippen molar-refractivity contribution in [3.8, 4) is 0 Å². The number of nitrogen functional groups attached to an aromatic ring is 1. The maximum absolute atomic E-state index is 12.2. The summed E-state index contributed by atoms with van der Waals surface area (Å²) >= 11 is 0. The summed E-state index contributed by atoms with van der Waals surface area (Å²) in [4.78, 5) is 14.2. The minimum atomic E-state index is 0.175. The van der Waals surface area contributed by atoms with Gasteiger partial charge in [0.1, 0.15) is 0 Å². The summed E-state index contributed by atoms with van der Waals surface area (Å²) in [6, 6.07) is 6.08. The normalized spacial score (nSPS) is 20.5. The predicted octanol–water partition coefficient (Wildman–Crippen LogP) is 2.17. The van der Waals surface area contributed by atoms with Crippen molar-refractivity contribution < 1.29 is 4.79 Å². The smallest absolute Gasteiger partial charge is 0.254 e. The maximum atomic E-state index is 12.2. The number of rotatable bonds is 1. The number of amides is 1. The van der Waals surface area contributed by atoms with Crippen molar-refractivity contribution in [1.29, 1.82) is 0 Å². The van der Waals surface area contributed by atoms with Crippen LogP contribution >= 0.6 is 0 Å². The van der Waals surface area contributed by atoms with Crippen LogP contribution in [0.3, 0.4) is 0 Å². The van der Waals surface area contributed by atoms with E-state index in [-0.39, 0.29) is 5.91 Å². The molecule has 3 rings (SSSR count). The lowest BCUT2D eigenvalue weighted by Gasteiger charge is -2.23. The Morgan fingerprint density at radius 2 is 2.00 bits per heavy atom. The van der Waals surface area contributed by atoms with E-state index in [1.54, 1.807) is 0 Å². The summed E-state index contributed by atoms with van der Waals surface area (Å²) < 4.78 is 0. The van der Waals surface area contributed by atoms with Crippen LogP contribution in [0.4, 0.5) is 5.69 Å². The van der Waals surface area contributed by atoms with Crippen molar-refractivity contribution in [3.63, 3.8) is 0 Å². The Hall–Kier alpha value is -1.51. The first-order valence-electron chi connectivity index (χ1n) is 5.95. The highest BCUT2D eigenvalue weighted by Crippen LogP contribution is 2.33. The second-order valence-electron chi connectivity index (χ2n) is 4.74. The van der Waals surface area contributed by atoms with E-state index < -0.39 is 0 Å². The Morgan fingerprint density at radius 1 is 1.25 bits per heavy atom. The van der Waals surface area contributed by atoms with Gasteiger partial charge in [0.15, 0.2) is 0 Å². The number of hydrogen-bond acceptors (Lipinski definition) is 2. The molecule has 1 fully saturated rings. The number of anilines is 1. The first-order valence-corrected chi connectivity index (χ1v) is 5.95. The Bertz CT molecular complexity index is 436. The fraction of sp³-hybridized carbons (Fsp3) is 0.462. The van der Waals surface area contributed by atoms with Gasteiger partial charge in [0.25, 0.3) is 5.91 Å². The van der Waals surface area contributed by atoms with E-state index in [1.165, 1.54) is 12.8 Å². The van der Waals surface area contributed by atoms with Crippen LogP contribution in [0.2, 0.25) is 0 Å². The van der Waals surface area contributed by atoms with E-state index in [9.17, 15) is 4.79 Å². The molecule has 2 aliphatic rings. The fourth-order valence-electron chi connectivity index (χ4n) is 2.89. The molecule has 1 heterocycles. The Balaban J connectivity index is 1.94. The van der Waals surface area contributed by atoms with Gasteiger partial charge in [-0.2, -0.15) is 0 Å². The first kappa shape index (κ1) is 9.70. The highest BCUT2D eigenvalue weighted by atomic mass is 16.2. The van der Waals surface area contributed by atoms with E-state index in [4.69, 9.17) is 5.73 Å². The zero-order chi connectivity index (χ0) is 11.1. The van der Waals surface area contributed by atoms with E-state index in [2.05, 4.69) is 0 Å². The predicted molar refractivity (Wildman–Crippen MR) is 63.0 cm³/mol. The summed E-state index contributed by atoms with van der Waals surface area (Å²) in [5.41, 5.74) is 8.51. The molecule has 0 saturated heterocycles. The molecule has 84 valence electrons. The van der Waals surface area contributed by atoms with Gasteiger partial charge < -0.3 is 10.6 Å². The van der Waals surface area contributed by atoms with Crippen LogP contribution in [0.1, 0.15) is 41.6 Å². The summed E-state index contributed by atoms with van der Waals surface area (Å²) in [6.07, 6.45) is 4.81. The average Bonchev–Trinajstić information content (AvgIpc) is 2.88. The molecule has 0 radical (unpaired) electrons. The summed E-state index contributed by atoms with van der Waals surface area (Å²) in [5.74, 6) is 0.175. The van der Waals surface area contributed by atoms with Crippen LogP contribution in [0.5, 0.6) is 0 Å². The van der Waals surface area contributed by atoms with Crippen LogP contribution in [0.25, 0.3) is 0 Å². The molecular formula is C13H16N2O. The molecule has 0 bridgehead atoms. The highest BCUT2D eigenvalue weighted by molar-refractivity contribution is 6.00. The first-order chi connectivity index (χ1) is 7.77. The molecule has 3 nitrogen and oxygen atoms in total. The highest BCUT2D eigenvalue weighted by Gasteiger charge is 2.34. The van der Waals surface area contributed by atoms with Crippen molar-refractivity contribution in [1.82, 2.24) is 4.90 Å². The van der Waals surface area contributed by atoms with Gasteiger partial charge in [-0.25, -0.2) is 0 Å². The third kappa shape index (κ3) is 1.31. The van der Waals surface area contributed by atoms with E-state index in [0.717, 1.165) is 29.7 Å². The zero-order valence-corrected chi connectivity index (χ0v) is 9.28. The summed E-state index contributed by atoms with van der Waals surface area (Å²) in [7, 11) is 0. The van der Waals surface area contributed by atoms with E-state index in [0.29, 0.717) is 12.6 Å². The largest absolute Gasteiger partial charge is 0.398 e. The van der Waals surface area contributed by atoms with Crippen molar-refractivity contribution in [2.45, 2.75) is 38.3 Å². The lowest BCUT2D eigenvalue weighted by Crippen LogP contribution is -2.33. The molecular weight excluding hydrogens is 200 g/mol. The second kappa shape index (κ2) is 3.51. The molecule has 0 spiro atoms. The molecule has 0 aromatic heterocycles. The molecule has 2 N–H and O–H groups in total. The number of carbonyl (C=O) groups excluding carboxylic acids is 1. The Kier molecular flexibility index (Phi) is 2.13. The van der Waals surface area contributed by atoms with Gasteiger partial charge in [0, 0.05) is 29.4 Å². The van der Waals surface area contributed by atoms with Crippen molar-refractivity contribution >= 4 is 11.6 Å². The van der Waals surface area contributed by atoms with Gasteiger partial charge >= 0.3 is 0 Å². The minimum Gasteiger partial charge on any atom is -0.398 e. The number of nitrogens with two attached hydrogens (primary N) is 1. The molecule has 1 aromatic carbocycles. The van der Waals surface area contributed by atoms with Gasteiger partial charge in [-0.1, -0.05) is 18.9 Å². The Morgan fingerprint density at radius 3 is 2.69 bits per heavy atom. The van der Waals surface area contributed by atoms with E-state index >= 15 is 0 Å². The molecule has 16 heavy (non-hydrogen) atoms. The third-order valence-corrected chi connectivity index (χ3v) is 3.80. The molecule has 1 aliphatic heterocycles. The zero-order valence-electron chi connectivity index (χ0n) is 9.28. The molecule has 1 aliphatic carbocycles. The number of fused-ring (bicyclic) bond motifs is 1. The van der Waals surface area contributed by atoms with E-state index in [1.807, 2.05) is 23.1 Å².